The van der Waals surface area contributed by atoms with Crippen LogP contribution >= 0.6 is 11.6 Å². The van der Waals surface area contributed by atoms with Crippen molar-refractivity contribution in [3.05, 3.63) is 63.2 Å². The molecular formula is C15H11ClN2O6. The van der Waals surface area contributed by atoms with Crippen LogP contribution in [0.2, 0.25) is 5.02 Å². The summed E-state index contributed by atoms with van der Waals surface area (Å²) in [5.74, 6) is -1.52. The first kappa shape index (κ1) is 17.2. The number of ether oxygens (including phenoxy) is 1. The van der Waals surface area contributed by atoms with Gasteiger partial charge >= 0.3 is 5.97 Å². The number of anilines is 1. The molecular weight excluding hydrogens is 340 g/mol. The largest absolute Gasteiger partial charge is 0.482 e. The number of nitrogens with one attached hydrogen (secondary N) is 1. The lowest BCUT2D eigenvalue weighted by Gasteiger charge is -2.09. The third kappa shape index (κ3) is 4.43. The zero-order valence-corrected chi connectivity index (χ0v) is 12.8. The van der Waals surface area contributed by atoms with Gasteiger partial charge in [-0.2, -0.15) is 0 Å². The quantitative estimate of drug-likeness (QED) is 0.610. The molecule has 0 heterocycles. The molecule has 24 heavy (non-hydrogen) atoms. The molecule has 2 aromatic carbocycles. The number of nitro benzene ring substituents is 1. The summed E-state index contributed by atoms with van der Waals surface area (Å²) in [6, 6.07) is 9.59. The van der Waals surface area contributed by atoms with Crippen molar-refractivity contribution < 1.29 is 24.4 Å². The molecule has 0 radical (unpaired) electrons. The van der Waals surface area contributed by atoms with Crippen LogP contribution in [0.15, 0.2) is 42.5 Å². The van der Waals surface area contributed by atoms with Gasteiger partial charge in [0, 0.05) is 23.9 Å². The van der Waals surface area contributed by atoms with Gasteiger partial charge in [-0.05, 0) is 18.2 Å². The van der Waals surface area contributed by atoms with Crippen molar-refractivity contribution in [2.45, 2.75) is 0 Å². The second-order valence-corrected chi connectivity index (χ2v) is 4.99. The second-order valence-electron chi connectivity index (χ2n) is 4.59. The summed E-state index contributed by atoms with van der Waals surface area (Å²) in [5.41, 5.74) is 0.0104. The molecule has 0 bridgehead atoms. The summed E-state index contributed by atoms with van der Waals surface area (Å²) < 4.78 is 5.00. The van der Waals surface area contributed by atoms with Crippen molar-refractivity contribution in [1.82, 2.24) is 0 Å². The van der Waals surface area contributed by atoms with E-state index >= 15 is 0 Å². The van der Waals surface area contributed by atoms with E-state index in [1.165, 1.54) is 24.3 Å². The van der Waals surface area contributed by atoms with Crippen LogP contribution in [0.5, 0.6) is 5.75 Å². The van der Waals surface area contributed by atoms with E-state index in [-0.39, 0.29) is 22.0 Å². The number of amides is 1. The van der Waals surface area contributed by atoms with E-state index in [9.17, 15) is 19.7 Å². The predicted molar refractivity (Wildman–Crippen MR) is 85.6 cm³/mol. The van der Waals surface area contributed by atoms with Crippen LogP contribution < -0.4 is 10.1 Å². The van der Waals surface area contributed by atoms with Gasteiger partial charge in [-0.1, -0.05) is 17.7 Å². The number of halogens is 1. The predicted octanol–water partition coefficient (Wildman–Crippen LogP) is 2.96. The van der Waals surface area contributed by atoms with Crippen LogP contribution in [0.1, 0.15) is 10.4 Å². The van der Waals surface area contributed by atoms with Crippen molar-refractivity contribution in [3.8, 4) is 5.75 Å². The minimum absolute atomic E-state index is 0.0530. The molecule has 0 unspecified atom stereocenters. The summed E-state index contributed by atoms with van der Waals surface area (Å²) in [6.45, 7) is -0.520. The van der Waals surface area contributed by atoms with Crippen LogP contribution in [0, 0.1) is 10.1 Å². The first-order chi connectivity index (χ1) is 11.4. The monoisotopic (exact) mass is 350 g/mol. The number of benzene rings is 2. The molecule has 1 amide bonds. The SMILES string of the molecule is O=C(O)COc1cccc(NC(=O)c2cc([N+](=O)[O-])ccc2Cl)c1. The Morgan fingerprint density at radius 3 is 2.67 bits per heavy atom. The number of carbonyl (C=O) groups is 2. The number of nitrogens with zero attached hydrogens (tertiary/aromatic N) is 1. The first-order valence-corrected chi connectivity index (χ1v) is 6.94. The number of hydrogen-bond acceptors (Lipinski definition) is 5. The molecule has 0 aromatic heterocycles. The lowest BCUT2D eigenvalue weighted by molar-refractivity contribution is -0.384. The molecule has 0 aliphatic rings. The van der Waals surface area contributed by atoms with Crippen LogP contribution in [-0.2, 0) is 4.79 Å². The van der Waals surface area contributed by atoms with Gasteiger partial charge in [0.2, 0.25) is 0 Å². The molecule has 124 valence electrons. The fourth-order valence-electron chi connectivity index (χ4n) is 1.81. The van der Waals surface area contributed by atoms with E-state index in [2.05, 4.69) is 5.32 Å². The summed E-state index contributed by atoms with van der Waals surface area (Å²) in [5, 5.41) is 21.9. The highest BCUT2D eigenvalue weighted by Gasteiger charge is 2.16. The molecule has 2 aromatic rings. The Morgan fingerprint density at radius 2 is 2.00 bits per heavy atom. The summed E-state index contributed by atoms with van der Waals surface area (Å²) in [4.78, 5) is 32.9. The second kappa shape index (κ2) is 7.42. The summed E-state index contributed by atoms with van der Waals surface area (Å²) in [7, 11) is 0. The van der Waals surface area contributed by atoms with Crippen LogP contribution in [0.25, 0.3) is 0 Å². The van der Waals surface area contributed by atoms with Gasteiger partial charge in [0.05, 0.1) is 15.5 Å². The maximum atomic E-state index is 12.2. The molecule has 2 N–H and O–H groups in total. The van der Waals surface area contributed by atoms with Crippen LogP contribution in [0.3, 0.4) is 0 Å². The summed E-state index contributed by atoms with van der Waals surface area (Å²) >= 11 is 5.90. The minimum atomic E-state index is -1.13. The standard InChI is InChI=1S/C15H11ClN2O6/c16-13-5-4-10(18(22)23)7-12(13)15(21)17-9-2-1-3-11(6-9)24-8-14(19)20/h1-7H,8H2,(H,17,21)(H,19,20). The third-order valence-electron chi connectivity index (χ3n) is 2.86. The van der Waals surface area contributed by atoms with Gasteiger partial charge in [0.25, 0.3) is 11.6 Å². The zero-order valence-electron chi connectivity index (χ0n) is 12.1. The summed E-state index contributed by atoms with van der Waals surface area (Å²) in [6.07, 6.45) is 0. The van der Waals surface area contributed by atoms with Gasteiger partial charge in [0.15, 0.2) is 6.61 Å². The van der Waals surface area contributed by atoms with Crippen molar-refractivity contribution in [2.24, 2.45) is 0 Å². The molecule has 0 aliphatic carbocycles. The Hall–Kier alpha value is -3.13. The number of carboxylic acids is 1. The average molecular weight is 351 g/mol. The molecule has 9 heteroatoms. The number of carboxylic acid groups (broad SMARTS) is 1. The van der Waals surface area contributed by atoms with Gasteiger partial charge < -0.3 is 15.2 Å². The van der Waals surface area contributed by atoms with Crippen molar-refractivity contribution in [1.29, 1.82) is 0 Å². The molecule has 8 nitrogen and oxygen atoms in total. The fraction of sp³-hybridized carbons (Fsp3) is 0.0667. The highest BCUT2D eigenvalue weighted by Crippen LogP contribution is 2.24. The molecule has 2 rings (SSSR count). The number of hydrogen-bond donors (Lipinski definition) is 2. The molecule has 0 saturated heterocycles. The molecule has 0 saturated carbocycles. The third-order valence-corrected chi connectivity index (χ3v) is 3.19. The number of nitro groups is 1. The smallest absolute Gasteiger partial charge is 0.341 e. The van der Waals surface area contributed by atoms with Gasteiger partial charge in [-0.15, -0.1) is 0 Å². The van der Waals surface area contributed by atoms with E-state index in [4.69, 9.17) is 21.4 Å². The van der Waals surface area contributed by atoms with Crippen molar-refractivity contribution >= 4 is 34.9 Å². The fourth-order valence-corrected chi connectivity index (χ4v) is 2.01. The number of non-ortho nitro benzene ring substituents is 1. The van der Waals surface area contributed by atoms with Crippen LogP contribution in [-0.4, -0.2) is 28.5 Å². The van der Waals surface area contributed by atoms with E-state index in [1.807, 2.05) is 0 Å². The van der Waals surface area contributed by atoms with Gasteiger partial charge in [-0.25, -0.2) is 4.79 Å². The lowest BCUT2D eigenvalue weighted by atomic mass is 10.2. The normalized spacial score (nSPS) is 10.0. The Labute approximate surface area is 140 Å². The minimum Gasteiger partial charge on any atom is -0.482 e. The average Bonchev–Trinajstić information content (AvgIpc) is 2.53. The Bertz CT molecular complexity index is 808. The molecule has 0 aliphatic heterocycles. The van der Waals surface area contributed by atoms with E-state index < -0.39 is 23.4 Å². The van der Waals surface area contributed by atoms with E-state index in [0.717, 1.165) is 6.07 Å². The maximum absolute atomic E-state index is 12.2. The number of carbonyl (C=O) groups excluding carboxylic acids is 1. The van der Waals surface area contributed by atoms with E-state index in [1.54, 1.807) is 12.1 Å². The molecule has 0 fully saturated rings. The van der Waals surface area contributed by atoms with Crippen LogP contribution in [0.4, 0.5) is 11.4 Å². The highest BCUT2D eigenvalue weighted by molar-refractivity contribution is 6.34. The highest BCUT2D eigenvalue weighted by atomic mass is 35.5. The van der Waals surface area contributed by atoms with E-state index in [0.29, 0.717) is 5.69 Å². The lowest BCUT2D eigenvalue weighted by Crippen LogP contribution is -2.13. The first-order valence-electron chi connectivity index (χ1n) is 6.57. The zero-order chi connectivity index (χ0) is 17.7. The van der Waals surface area contributed by atoms with Gasteiger partial charge in [0.1, 0.15) is 5.75 Å². The molecule has 0 atom stereocenters. The topological polar surface area (TPSA) is 119 Å². The maximum Gasteiger partial charge on any atom is 0.341 e. The number of aliphatic carboxylic acids is 1. The Balaban J connectivity index is 2.18. The Morgan fingerprint density at radius 1 is 1.25 bits per heavy atom. The Kier molecular flexibility index (Phi) is 5.33. The number of rotatable bonds is 6. The van der Waals surface area contributed by atoms with Gasteiger partial charge in [-0.3, -0.25) is 14.9 Å². The molecule has 0 spiro atoms. The van der Waals surface area contributed by atoms with Crippen molar-refractivity contribution in [3.63, 3.8) is 0 Å². The van der Waals surface area contributed by atoms with Crippen molar-refractivity contribution in [2.75, 3.05) is 11.9 Å².